The zero-order chi connectivity index (χ0) is 28.4. The summed E-state index contributed by atoms with van der Waals surface area (Å²) in [6.45, 7) is 15.3. The maximum absolute atomic E-state index is 12.8. The van der Waals surface area contributed by atoms with E-state index >= 15 is 0 Å². The van der Waals surface area contributed by atoms with Gasteiger partial charge in [0.25, 0.3) is 0 Å². The highest BCUT2D eigenvalue weighted by Crippen LogP contribution is 2.34. The second-order valence-corrected chi connectivity index (χ2v) is 9.94. The number of methoxy groups -OCH3 is 1. The number of hydrogen-bond donors (Lipinski definition) is 0. The Morgan fingerprint density at radius 2 is 1.54 bits per heavy atom. The number of aryl methyl sites for hydroxylation is 2. The minimum atomic E-state index is -0.267. The van der Waals surface area contributed by atoms with E-state index in [1.165, 1.54) is 23.2 Å². The number of ether oxygens (including phenoxy) is 2. The number of fused-ring (bicyclic) bond motifs is 1. The van der Waals surface area contributed by atoms with E-state index in [0.717, 1.165) is 44.1 Å². The highest BCUT2D eigenvalue weighted by Gasteiger charge is 2.20. The van der Waals surface area contributed by atoms with Gasteiger partial charge < -0.3 is 18.2 Å². The van der Waals surface area contributed by atoms with Crippen molar-refractivity contribution in [3.63, 3.8) is 0 Å². The van der Waals surface area contributed by atoms with Crippen LogP contribution >= 0.6 is 12.0 Å². The monoisotopic (exact) mass is 545 g/mol. The molecule has 4 rings (SSSR count). The first-order valence-corrected chi connectivity index (χ1v) is 14.1. The lowest BCUT2D eigenvalue weighted by molar-refractivity contribution is -0.143. The van der Waals surface area contributed by atoms with Crippen molar-refractivity contribution in [1.82, 2.24) is 4.57 Å². The third-order valence-electron chi connectivity index (χ3n) is 6.33. The molecule has 0 unspecified atom stereocenters. The second-order valence-electron chi connectivity index (χ2n) is 9.06. The highest BCUT2D eigenvalue weighted by molar-refractivity contribution is 7.94. The molecule has 6 heteroatoms. The summed E-state index contributed by atoms with van der Waals surface area (Å²) < 4.78 is 18.8. The second kappa shape index (κ2) is 14.6. The smallest absolute Gasteiger partial charge is 0.310 e. The van der Waals surface area contributed by atoms with Gasteiger partial charge >= 0.3 is 5.97 Å². The van der Waals surface area contributed by atoms with Crippen molar-refractivity contribution in [3.8, 4) is 5.75 Å². The van der Waals surface area contributed by atoms with Gasteiger partial charge in [-0.3, -0.25) is 4.79 Å². The summed E-state index contributed by atoms with van der Waals surface area (Å²) in [6.07, 6.45) is 0.798. The molecule has 0 bridgehead atoms. The molecule has 0 radical (unpaired) electrons. The Bertz CT molecular complexity index is 1390. The summed E-state index contributed by atoms with van der Waals surface area (Å²) in [5.41, 5.74) is 7.15. The van der Waals surface area contributed by atoms with Gasteiger partial charge in [0.1, 0.15) is 5.75 Å². The van der Waals surface area contributed by atoms with E-state index in [-0.39, 0.29) is 12.4 Å². The maximum Gasteiger partial charge on any atom is 0.310 e. The van der Waals surface area contributed by atoms with Crippen LogP contribution in [-0.4, -0.2) is 30.9 Å². The molecule has 0 aliphatic rings. The molecule has 5 nitrogen and oxygen atoms in total. The van der Waals surface area contributed by atoms with Crippen molar-refractivity contribution in [2.45, 2.75) is 52.4 Å². The van der Waals surface area contributed by atoms with Gasteiger partial charge in [-0.05, 0) is 62.2 Å². The van der Waals surface area contributed by atoms with Crippen molar-refractivity contribution in [2.24, 2.45) is 0 Å². The SMILES string of the molecule is C=C(c1ccc(C)cc1)n1c(C)c(CC(=O)OCCCOSc2ccc(C)cc2)c2cc(OC)ccc21.CC. The van der Waals surface area contributed by atoms with Gasteiger partial charge in [0, 0.05) is 40.1 Å². The summed E-state index contributed by atoms with van der Waals surface area (Å²) in [5, 5.41) is 0.958. The molecule has 0 saturated heterocycles. The number of rotatable bonds is 11. The molecule has 0 N–H and O–H groups in total. The minimum absolute atomic E-state index is 0.169. The molecule has 3 aromatic carbocycles. The van der Waals surface area contributed by atoms with Crippen LogP contribution in [0.5, 0.6) is 5.75 Å². The van der Waals surface area contributed by atoms with Gasteiger partial charge in [0.2, 0.25) is 0 Å². The van der Waals surface area contributed by atoms with Crippen LogP contribution in [0, 0.1) is 20.8 Å². The van der Waals surface area contributed by atoms with Crippen molar-refractivity contribution >= 4 is 34.6 Å². The van der Waals surface area contributed by atoms with E-state index in [9.17, 15) is 4.79 Å². The predicted octanol–water partition coefficient (Wildman–Crippen LogP) is 8.32. The Morgan fingerprint density at radius 1 is 0.897 bits per heavy atom. The third-order valence-corrected chi connectivity index (χ3v) is 7.08. The number of hydrogen-bond acceptors (Lipinski definition) is 5. The Labute approximate surface area is 237 Å². The van der Waals surface area contributed by atoms with E-state index in [1.54, 1.807) is 7.11 Å². The quantitative estimate of drug-likeness (QED) is 0.108. The zero-order valence-electron chi connectivity index (χ0n) is 23.9. The lowest BCUT2D eigenvalue weighted by Crippen LogP contribution is -2.11. The van der Waals surface area contributed by atoms with Gasteiger partial charge in [-0.15, -0.1) is 0 Å². The average Bonchev–Trinajstić information content (AvgIpc) is 3.22. The molecule has 39 heavy (non-hydrogen) atoms. The normalized spacial score (nSPS) is 10.6. The van der Waals surface area contributed by atoms with E-state index in [0.29, 0.717) is 19.6 Å². The largest absolute Gasteiger partial charge is 0.497 e. The predicted molar refractivity (Wildman–Crippen MR) is 162 cm³/mol. The van der Waals surface area contributed by atoms with Crippen LogP contribution in [0.3, 0.4) is 0 Å². The molecule has 0 spiro atoms. The summed E-state index contributed by atoms with van der Waals surface area (Å²) in [7, 11) is 1.64. The van der Waals surface area contributed by atoms with Gasteiger partial charge in [-0.25, -0.2) is 0 Å². The molecule has 4 aromatic rings. The molecule has 206 valence electrons. The molecular weight excluding hydrogens is 506 g/mol. The minimum Gasteiger partial charge on any atom is -0.497 e. The van der Waals surface area contributed by atoms with E-state index in [1.807, 2.05) is 51.1 Å². The molecule has 0 aliphatic carbocycles. The molecule has 0 saturated carbocycles. The number of carbonyl (C=O) groups excluding carboxylic acids is 1. The fourth-order valence-corrected chi connectivity index (χ4v) is 4.82. The Kier molecular flexibility index (Phi) is 11.3. The molecule has 1 aromatic heterocycles. The number of benzene rings is 3. The zero-order valence-corrected chi connectivity index (χ0v) is 24.7. The van der Waals surface area contributed by atoms with Gasteiger partial charge in [-0.1, -0.05) is 68.0 Å². The van der Waals surface area contributed by atoms with Gasteiger partial charge in [-0.2, -0.15) is 0 Å². The highest BCUT2D eigenvalue weighted by atomic mass is 32.2. The van der Waals surface area contributed by atoms with Crippen molar-refractivity contribution in [1.29, 1.82) is 0 Å². The molecule has 0 amide bonds. The fraction of sp³-hybridized carbons (Fsp3) is 0.303. The molecule has 0 atom stereocenters. The standard InChI is InChI=1S/C31H33NO4S.C2H6/c1-21-7-11-25(12-8-21)23(3)32-24(4)28(29-19-26(34-5)13-16-30(29)32)20-31(33)35-17-6-18-36-37-27-14-9-22(2)10-15-27;1-2/h7-16,19H,3,6,17-18,20H2,1-2,4-5H3;1-2H3. The van der Waals surface area contributed by atoms with Gasteiger partial charge in [0.05, 0.1) is 32.3 Å². The van der Waals surface area contributed by atoms with E-state index < -0.39 is 0 Å². The molecule has 1 heterocycles. The first-order chi connectivity index (χ1) is 18.9. The molecule has 0 aliphatic heterocycles. The van der Waals surface area contributed by atoms with Crippen molar-refractivity contribution in [3.05, 3.63) is 101 Å². The Hall–Kier alpha value is -3.48. The van der Waals surface area contributed by atoms with Crippen LogP contribution in [0.1, 0.15) is 48.2 Å². The fourth-order valence-electron chi connectivity index (χ4n) is 4.24. The van der Waals surface area contributed by atoms with Crippen LogP contribution in [0.15, 0.2) is 78.2 Å². The summed E-state index contributed by atoms with van der Waals surface area (Å²) in [4.78, 5) is 13.9. The third kappa shape index (κ3) is 7.78. The van der Waals surface area contributed by atoms with Crippen LogP contribution in [0.4, 0.5) is 0 Å². The number of carbonyl (C=O) groups is 1. The maximum atomic E-state index is 12.8. The van der Waals surface area contributed by atoms with Crippen LogP contribution in [0.2, 0.25) is 0 Å². The van der Waals surface area contributed by atoms with Crippen LogP contribution < -0.4 is 4.74 Å². The number of esters is 1. The lowest BCUT2D eigenvalue weighted by Gasteiger charge is -2.13. The van der Waals surface area contributed by atoms with Crippen molar-refractivity contribution < 1.29 is 18.5 Å². The van der Waals surface area contributed by atoms with Crippen LogP contribution in [0.25, 0.3) is 16.6 Å². The average molecular weight is 546 g/mol. The summed E-state index contributed by atoms with van der Waals surface area (Å²) in [6, 6.07) is 22.4. The lowest BCUT2D eigenvalue weighted by atomic mass is 10.1. The molecule has 0 fully saturated rings. The van der Waals surface area contributed by atoms with Crippen molar-refractivity contribution in [2.75, 3.05) is 20.3 Å². The van der Waals surface area contributed by atoms with Crippen LogP contribution in [-0.2, 0) is 20.1 Å². The first kappa shape index (κ1) is 30.1. The number of nitrogens with zero attached hydrogens (tertiary/aromatic N) is 1. The topological polar surface area (TPSA) is 49.7 Å². The Balaban J connectivity index is 0.00000205. The van der Waals surface area contributed by atoms with Gasteiger partial charge in [0.15, 0.2) is 0 Å². The molecular formula is C33H39NO4S. The summed E-state index contributed by atoms with van der Waals surface area (Å²) in [5.74, 6) is 0.473. The van der Waals surface area contributed by atoms with E-state index in [2.05, 4.69) is 61.4 Å². The Morgan fingerprint density at radius 3 is 2.18 bits per heavy atom. The number of aromatic nitrogens is 1. The first-order valence-electron chi connectivity index (χ1n) is 13.3. The van der Waals surface area contributed by atoms with E-state index in [4.69, 9.17) is 13.7 Å². The summed E-state index contributed by atoms with van der Waals surface area (Å²) >= 11 is 1.34.